The summed E-state index contributed by atoms with van der Waals surface area (Å²) in [5.41, 5.74) is 1.98. The molecule has 0 spiro atoms. The second kappa shape index (κ2) is 6.97. The van der Waals surface area contributed by atoms with Crippen LogP contribution in [0.5, 0.6) is 0 Å². The van der Waals surface area contributed by atoms with Gasteiger partial charge in [-0.25, -0.2) is 9.50 Å². The summed E-state index contributed by atoms with van der Waals surface area (Å²) in [6.45, 7) is 3.86. The standard InChI is InChI=1S/C13H18N4O3/c1-10-8-15-12-7-11(16-17(12)9-10)13(18)14-3-4-20-6-5-19-2/h7-9H,3-6H2,1-2H3,(H,14,18). The van der Waals surface area contributed by atoms with Crippen LogP contribution in [0.2, 0.25) is 0 Å². The number of aryl methyl sites for hydroxylation is 1. The number of nitrogens with one attached hydrogen (secondary N) is 1. The first-order valence-electron chi connectivity index (χ1n) is 6.37. The Morgan fingerprint density at radius 1 is 1.40 bits per heavy atom. The van der Waals surface area contributed by atoms with Gasteiger partial charge in [0.1, 0.15) is 0 Å². The van der Waals surface area contributed by atoms with Crippen molar-refractivity contribution in [3.63, 3.8) is 0 Å². The van der Waals surface area contributed by atoms with Crippen molar-refractivity contribution in [2.45, 2.75) is 6.92 Å². The lowest BCUT2D eigenvalue weighted by molar-refractivity contribution is 0.0691. The van der Waals surface area contributed by atoms with Crippen LogP contribution in [-0.4, -0.2) is 54.0 Å². The number of carbonyl (C=O) groups excluding carboxylic acids is 1. The number of amides is 1. The first-order valence-corrected chi connectivity index (χ1v) is 6.37. The minimum Gasteiger partial charge on any atom is -0.382 e. The molecule has 0 atom stereocenters. The Labute approximate surface area is 116 Å². The van der Waals surface area contributed by atoms with Crippen LogP contribution in [0.15, 0.2) is 18.5 Å². The monoisotopic (exact) mass is 278 g/mol. The SMILES string of the molecule is COCCOCCNC(=O)c1cc2ncc(C)cn2n1. The molecule has 2 aromatic rings. The maximum absolute atomic E-state index is 11.9. The van der Waals surface area contributed by atoms with Crippen LogP contribution >= 0.6 is 0 Å². The van der Waals surface area contributed by atoms with Crippen LogP contribution in [0, 0.1) is 6.92 Å². The van der Waals surface area contributed by atoms with E-state index < -0.39 is 0 Å². The van der Waals surface area contributed by atoms with E-state index in [-0.39, 0.29) is 5.91 Å². The molecule has 7 nitrogen and oxygen atoms in total. The maximum atomic E-state index is 11.9. The van der Waals surface area contributed by atoms with Crippen LogP contribution in [0.25, 0.3) is 5.65 Å². The van der Waals surface area contributed by atoms with Gasteiger partial charge >= 0.3 is 0 Å². The second-order valence-corrected chi connectivity index (χ2v) is 4.32. The first-order chi connectivity index (χ1) is 9.70. The molecule has 0 unspecified atom stereocenters. The van der Waals surface area contributed by atoms with E-state index in [0.717, 1.165) is 5.56 Å². The topological polar surface area (TPSA) is 77.8 Å². The van der Waals surface area contributed by atoms with Crippen LogP contribution in [-0.2, 0) is 9.47 Å². The molecular weight excluding hydrogens is 260 g/mol. The van der Waals surface area contributed by atoms with Gasteiger partial charge in [-0.3, -0.25) is 4.79 Å². The predicted molar refractivity (Wildman–Crippen MR) is 72.8 cm³/mol. The van der Waals surface area contributed by atoms with Crippen molar-refractivity contribution in [3.8, 4) is 0 Å². The number of ether oxygens (including phenoxy) is 2. The minimum atomic E-state index is -0.233. The van der Waals surface area contributed by atoms with Crippen molar-refractivity contribution in [1.29, 1.82) is 0 Å². The molecule has 2 rings (SSSR count). The number of carbonyl (C=O) groups is 1. The number of methoxy groups -OCH3 is 1. The molecule has 0 saturated carbocycles. The van der Waals surface area contributed by atoms with E-state index in [1.165, 1.54) is 0 Å². The van der Waals surface area contributed by atoms with Gasteiger partial charge < -0.3 is 14.8 Å². The number of fused-ring (bicyclic) bond motifs is 1. The van der Waals surface area contributed by atoms with Crippen molar-refractivity contribution in [3.05, 3.63) is 29.7 Å². The average Bonchev–Trinajstić information content (AvgIpc) is 2.85. The normalized spacial score (nSPS) is 10.9. The Bertz CT molecular complexity index is 582. The molecule has 2 heterocycles. The summed E-state index contributed by atoms with van der Waals surface area (Å²) in [7, 11) is 1.62. The second-order valence-electron chi connectivity index (χ2n) is 4.32. The third-order valence-electron chi connectivity index (χ3n) is 2.64. The number of nitrogens with zero attached hydrogens (tertiary/aromatic N) is 3. The Kier molecular flexibility index (Phi) is 5.03. The van der Waals surface area contributed by atoms with Gasteiger partial charge in [-0.15, -0.1) is 0 Å². The molecule has 2 aromatic heterocycles. The summed E-state index contributed by atoms with van der Waals surface area (Å²) >= 11 is 0. The van der Waals surface area contributed by atoms with E-state index in [4.69, 9.17) is 9.47 Å². The minimum absolute atomic E-state index is 0.233. The van der Waals surface area contributed by atoms with Gasteiger partial charge in [-0.1, -0.05) is 0 Å². The lowest BCUT2D eigenvalue weighted by atomic mass is 10.4. The zero-order chi connectivity index (χ0) is 14.4. The van der Waals surface area contributed by atoms with E-state index in [0.29, 0.717) is 37.7 Å². The molecule has 0 bridgehead atoms. The Hall–Kier alpha value is -1.99. The van der Waals surface area contributed by atoms with Crippen LogP contribution in [0.4, 0.5) is 0 Å². The van der Waals surface area contributed by atoms with Gasteiger partial charge in [0.15, 0.2) is 11.3 Å². The summed E-state index contributed by atoms with van der Waals surface area (Å²) in [5, 5.41) is 6.93. The Morgan fingerprint density at radius 3 is 3.05 bits per heavy atom. The van der Waals surface area contributed by atoms with Crippen molar-refractivity contribution in [1.82, 2.24) is 19.9 Å². The van der Waals surface area contributed by atoms with E-state index in [9.17, 15) is 4.79 Å². The molecule has 0 aliphatic carbocycles. The zero-order valence-corrected chi connectivity index (χ0v) is 11.6. The maximum Gasteiger partial charge on any atom is 0.271 e. The molecule has 0 radical (unpaired) electrons. The van der Waals surface area contributed by atoms with E-state index >= 15 is 0 Å². The molecule has 7 heteroatoms. The molecule has 0 aliphatic heterocycles. The smallest absolute Gasteiger partial charge is 0.271 e. The van der Waals surface area contributed by atoms with Gasteiger partial charge in [-0.2, -0.15) is 5.10 Å². The van der Waals surface area contributed by atoms with Crippen molar-refractivity contribution < 1.29 is 14.3 Å². The van der Waals surface area contributed by atoms with Gasteiger partial charge in [0.05, 0.1) is 19.8 Å². The van der Waals surface area contributed by atoms with E-state index in [1.807, 2.05) is 13.1 Å². The molecule has 0 aliphatic rings. The third kappa shape index (κ3) is 3.75. The van der Waals surface area contributed by atoms with Crippen molar-refractivity contribution >= 4 is 11.6 Å². The fourth-order valence-corrected chi connectivity index (χ4v) is 1.65. The highest BCUT2D eigenvalue weighted by Gasteiger charge is 2.10. The fourth-order valence-electron chi connectivity index (χ4n) is 1.65. The number of hydrogen-bond acceptors (Lipinski definition) is 5. The van der Waals surface area contributed by atoms with Crippen LogP contribution in [0.3, 0.4) is 0 Å². The molecule has 1 amide bonds. The number of rotatable bonds is 7. The zero-order valence-electron chi connectivity index (χ0n) is 11.6. The van der Waals surface area contributed by atoms with E-state index in [1.54, 1.807) is 23.9 Å². The highest BCUT2D eigenvalue weighted by atomic mass is 16.5. The predicted octanol–water partition coefficient (Wildman–Crippen LogP) is 0.431. The average molecular weight is 278 g/mol. The van der Waals surface area contributed by atoms with Gasteiger partial charge in [0.2, 0.25) is 0 Å². The highest BCUT2D eigenvalue weighted by Crippen LogP contribution is 2.04. The molecule has 20 heavy (non-hydrogen) atoms. The molecule has 0 saturated heterocycles. The van der Waals surface area contributed by atoms with Crippen LogP contribution in [0.1, 0.15) is 16.1 Å². The molecule has 0 fully saturated rings. The Balaban J connectivity index is 1.85. The summed E-state index contributed by atoms with van der Waals surface area (Å²) in [6.07, 6.45) is 3.56. The lowest BCUT2D eigenvalue weighted by Crippen LogP contribution is -2.28. The summed E-state index contributed by atoms with van der Waals surface area (Å²) in [5.74, 6) is -0.233. The number of hydrogen-bond donors (Lipinski definition) is 1. The molecule has 0 aromatic carbocycles. The molecular formula is C13H18N4O3. The van der Waals surface area contributed by atoms with Crippen molar-refractivity contribution in [2.75, 3.05) is 33.5 Å². The van der Waals surface area contributed by atoms with Gasteiger partial charge in [-0.05, 0) is 12.5 Å². The third-order valence-corrected chi connectivity index (χ3v) is 2.64. The quantitative estimate of drug-likeness (QED) is 0.743. The lowest BCUT2D eigenvalue weighted by Gasteiger charge is -2.04. The largest absolute Gasteiger partial charge is 0.382 e. The first kappa shape index (κ1) is 14.4. The van der Waals surface area contributed by atoms with Crippen LogP contribution < -0.4 is 5.32 Å². The van der Waals surface area contributed by atoms with Gasteiger partial charge in [0.25, 0.3) is 5.91 Å². The molecule has 108 valence electrons. The van der Waals surface area contributed by atoms with Gasteiger partial charge in [0, 0.05) is 32.1 Å². The molecule has 1 N–H and O–H groups in total. The summed E-state index contributed by atoms with van der Waals surface area (Å²) < 4.78 is 11.7. The summed E-state index contributed by atoms with van der Waals surface area (Å²) in [6, 6.07) is 1.65. The Morgan fingerprint density at radius 2 is 2.25 bits per heavy atom. The highest BCUT2D eigenvalue weighted by molar-refractivity contribution is 5.93. The fraction of sp³-hybridized carbons (Fsp3) is 0.462. The van der Waals surface area contributed by atoms with Crippen molar-refractivity contribution in [2.24, 2.45) is 0 Å². The number of aromatic nitrogens is 3. The summed E-state index contributed by atoms with van der Waals surface area (Å²) in [4.78, 5) is 16.1. The van der Waals surface area contributed by atoms with E-state index in [2.05, 4.69) is 15.4 Å².